The van der Waals surface area contributed by atoms with E-state index in [-0.39, 0.29) is 17.1 Å². The standard InChI is InChI=1S/C30H44N2O2/c1-26(33)18-21-30(22-19-27(2)34,20-12-4-3-5-13-23-31)32(24-28-14-8-6-9-15-28)25-29-16-10-7-11-17-29/h6-11,14-17H,3-5,12-13,18-25,31H2,1-2H3. The average Bonchev–Trinajstić information content (AvgIpc) is 2.83. The highest BCUT2D eigenvalue weighted by Crippen LogP contribution is 2.36. The van der Waals surface area contributed by atoms with Crippen LogP contribution < -0.4 is 5.73 Å². The van der Waals surface area contributed by atoms with Gasteiger partial charge in [-0.2, -0.15) is 0 Å². The zero-order valence-electron chi connectivity index (χ0n) is 21.3. The first kappa shape index (κ1) is 27.9. The van der Waals surface area contributed by atoms with Crippen molar-refractivity contribution in [3.8, 4) is 0 Å². The van der Waals surface area contributed by atoms with Crippen LogP contribution in [0.2, 0.25) is 0 Å². The number of Topliss-reactive ketones (excluding diaryl/α,β-unsaturated/α-hetero) is 2. The number of carbonyl (C=O) groups is 2. The lowest BCUT2D eigenvalue weighted by molar-refractivity contribution is -0.118. The Balaban J connectivity index is 2.36. The highest BCUT2D eigenvalue weighted by atomic mass is 16.1. The molecule has 0 radical (unpaired) electrons. The Hall–Kier alpha value is -2.30. The molecule has 2 rings (SSSR count). The maximum atomic E-state index is 12.1. The van der Waals surface area contributed by atoms with Crippen molar-refractivity contribution in [1.82, 2.24) is 4.90 Å². The summed E-state index contributed by atoms with van der Waals surface area (Å²) in [4.78, 5) is 26.8. The van der Waals surface area contributed by atoms with Crippen molar-refractivity contribution in [3.05, 3.63) is 71.8 Å². The van der Waals surface area contributed by atoms with Gasteiger partial charge in [0.25, 0.3) is 0 Å². The summed E-state index contributed by atoms with van der Waals surface area (Å²) in [5.41, 5.74) is 7.99. The largest absolute Gasteiger partial charge is 0.330 e. The molecule has 4 nitrogen and oxygen atoms in total. The zero-order chi connectivity index (χ0) is 24.7. The second-order valence-corrected chi connectivity index (χ2v) is 9.76. The first-order chi connectivity index (χ1) is 16.4. The highest BCUT2D eigenvalue weighted by molar-refractivity contribution is 5.76. The van der Waals surface area contributed by atoms with Crippen LogP contribution >= 0.6 is 0 Å². The van der Waals surface area contributed by atoms with Gasteiger partial charge in [-0.3, -0.25) is 4.90 Å². The van der Waals surface area contributed by atoms with Gasteiger partial charge in [-0.05, 0) is 57.2 Å². The van der Waals surface area contributed by atoms with E-state index in [1.54, 1.807) is 13.8 Å². The molecule has 0 spiro atoms. The minimum absolute atomic E-state index is 0.198. The third-order valence-corrected chi connectivity index (χ3v) is 6.83. The Kier molecular flexibility index (Phi) is 12.8. The van der Waals surface area contributed by atoms with Crippen molar-refractivity contribution < 1.29 is 9.59 Å². The molecule has 0 fully saturated rings. The van der Waals surface area contributed by atoms with Gasteiger partial charge in [0.15, 0.2) is 0 Å². The molecular weight excluding hydrogens is 420 g/mol. The van der Waals surface area contributed by atoms with Crippen LogP contribution in [0.1, 0.15) is 89.2 Å². The summed E-state index contributed by atoms with van der Waals surface area (Å²) in [6, 6.07) is 21.1. The van der Waals surface area contributed by atoms with E-state index in [9.17, 15) is 9.59 Å². The molecule has 2 N–H and O–H groups in total. The van der Waals surface area contributed by atoms with E-state index >= 15 is 0 Å². The number of benzene rings is 2. The summed E-state index contributed by atoms with van der Waals surface area (Å²) >= 11 is 0. The topological polar surface area (TPSA) is 63.4 Å². The van der Waals surface area contributed by atoms with Crippen LogP contribution in [0.5, 0.6) is 0 Å². The van der Waals surface area contributed by atoms with Crippen molar-refractivity contribution in [2.24, 2.45) is 5.73 Å². The fourth-order valence-electron chi connectivity index (χ4n) is 4.79. The predicted octanol–water partition coefficient (Wildman–Crippen LogP) is 6.47. The number of hydrogen-bond donors (Lipinski definition) is 1. The molecule has 34 heavy (non-hydrogen) atoms. The van der Waals surface area contributed by atoms with E-state index in [2.05, 4.69) is 53.4 Å². The SMILES string of the molecule is CC(=O)CCC(CCCCCCCN)(CCC(C)=O)N(Cc1ccccc1)Cc1ccccc1. The third-order valence-electron chi connectivity index (χ3n) is 6.83. The lowest BCUT2D eigenvalue weighted by atomic mass is 9.79. The van der Waals surface area contributed by atoms with Crippen molar-refractivity contribution in [3.63, 3.8) is 0 Å². The van der Waals surface area contributed by atoms with Gasteiger partial charge in [-0.25, -0.2) is 0 Å². The molecule has 0 aliphatic heterocycles. The molecule has 0 saturated heterocycles. The smallest absolute Gasteiger partial charge is 0.129 e. The van der Waals surface area contributed by atoms with Gasteiger partial charge in [0.05, 0.1) is 0 Å². The Morgan fingerprint density at radius 1 is 0.676 bits per heavy atom. The summed E-state index contributed by atoms with van der Waals surface area (Å²) in [6.45, 7) is 5.73. The molecule has 4 heteroatoms. The first-order valence-electron chi connectivity index (χ1n) is 13.0. The Bertz CT molecular complexity index is 776. The Labute approximate surface area is 206 Å². The van der Waals surface area contributed by atoms with Crippen LogP contribution in [0.4, 0.5) is 0 Å². The molecule has 0 saturated carbocycles. The van der Waals surface area contributed by atoms with Gasteiger partial charge >= 0.3 is 0 Å². The molecule has 0 aliphatic rings. The minimum Gasteiger partial charge on any atom is -0.330 e. The number of hydrogen-bond acceptors (Lipinski definition) is 4. The number of nitrogens with two attached hydrogens (primary N) is 1. The lowest BCUT2D eigenvalue weighted by Gasteiger charge is -2.45. The van der Waals surface area contributed by atoms with Gasteiger partial charge in [0, 0.05) is 31.5 Å². The molecular formula is C30H44N2O2. The van der Waals surface area contributed by atoms with Crippen molar-refractivity contribution in [1.29, 1.82) is 0 Å². The number of rotatable bonds is 18. The number of carbonyl (C=O) groups excluding carboxylic acids is 2. The second kappa shape index (κ2) is 15.6. The maximum absolute atomic E-state index is 12.1. The molecule has 0 aromatic heterocycles. The molecule has 0 amide bonds. The fraction of sp³-hybridized carbons (Fsp3) is 0.533. The monoisotopic (exact) mass is 464 g/mol. The van der Waals surface area contributed by atoms with Crippen molar-refractivity contribution in [2.45, 2.75) is 96.7 Å². The maximum Gasteiger partial charge on any atom is 0.129 e. The molecule has 0 unspecified atom stereocenters. The van der Waals surface area contributed by atoms with Gasteiger partial charge < -0.3 is 15.3 Å². The van der Waals surface area contributed by atoms with Gasteiger partial charge in [0.2, 0.25) is 0 Å². The summed E-state index contributed by atoms with van der Waals surface area (Å²) in [5, 5.41) is 0. The normalized spacial score (nSPS) is 11.6. The summed E-state index contributed by atoms with van der Waals surface area (Å²) < 4.78 is 0. The highest BCUT2D eigenvalue weighted by Gasteiger charge is 2.36. The zero-order valence-corrected chi connectivity index (χ0v) is 21.3. The molecule has 0 heterocycles. The fourth-order valence-corrected chi connectivity index (χ4v) is 4.79. The first-order valence-corrected chi connectivity index (χ1v) is 13.0. The number of nitrogens with zero attached hydrogens (tertiary/aromatic N) is 1. The van der Waals surface area contributed by atoms with E-state index in [0.29, 0.717) is 12.8 Å². The van der Waals surface area contributed by atoms with Gasteiger partial charge in [-0.15, -0.1) is 0 Å². The van der Waals surface area contributed by atoms with Crippen LogP contribution in [0, 0.1) is 0 Å². The van der Waals surface area contributed by atoms with Gasteiger partial charge in [-0.1, -0.05) is 86.3 Å². The van der Waals surface area contributed by atoms with Crippen LogP contribution in [0.25, 0.3) is 0 Å². The molecule has 2 aromatic rings. The van der Waals surface area contributed by atoms with Gasteiger partial charge in [0.1, 0.15) is 11.6 Å². The van der Waals surface area contributed by atoms with E-state index < -0.39 is 0 Å². The van der Waals surface area contributed by atoms with Crippen LogP contribution in [-0.4, -0.2) is 28.6 Å². The molecule has 0 aliphatic carbocycles. The van der Waals surface area contributed by atoms with Crippen LogP contribution in [0.15, 0.2) is 60.7 Å². The van der Waals surface area contributed by atoms with Crippen molar-refractivity contribution >= 4 is 11.6 Å². The average molecular weight is 465 g/mol. The molecule has 0 atom stereocenters. The van der Waals surface area contributed by atoms with Crippen LogP contribution in [-0.2, 0) is 22.7 Å². The summed E-state index contributed by atoms with van der Waals surface area (Å²) in [7, 11) is 0. The molecule has 2 aromatic carbocycles. The Morgan fingerprint density at radius 3 is 1.56 bits per heavy atom. The van der Waals surface area contributed by atoms with E-state index in [1.165, 1.54) is 24.0 Å². The number of ketones is 2. The second-order valence-electron chi connectivity index (χ2n) is 9.76. The minimum atomic E-state index is -0.198. The third kappa shape index (κ3) is 10.3. The van der Waals surface area contributed by atoms with E-state index in [4.69, 9.17) is 5.73 Å². The molecule has 0 bridgehead atoms. The predicted molar refractivity (Wildman–Crippen MR) is 141 cm³/mol. The molecule has 186 valence electrons. The summed E-state index contributed by atoms with van der Waals surface area (Å²) in [5.74, 6) is 0.434. The quantitative estimate of drug-likeness (QED) is 0.257. The summed E-state index contributed by atoms with van der Waals surface area (Å²) in [6.07, 6.45) is 9.36. The van der Waals surface area contributed by atoms with E-state index in [1.807, 2.05) is 12.1 Å². The number of unbranched alkanes of at least 4 members (excludes halogenated alkanes) is 4. The van der Waals surface area contributed by atoms with Crippen LogP contribution in [0.3, 0.4) is 0 Å². The van der Waals surface area contributed by atoms with Crippen molar-refractivity contribution in [2.75, 3.05) is 6.54 Å². The lowest BCUT2D eigenvalue weighted by Crippen LogP contribution is -2.48. The van der Waals surface area contributed by atoms with E-state index in [0.717, 1.165) is 58.2 Å². The Morgan fingerprint density at radius 2 is 1.12 bits per heavy atom.